The Hall–Kier alpha value is -2.55. The van der Waals surface area contributed by atoms with Crippen LogP contribution in [0.5, 0.6) is 0 Å². The Morgan fingerprint density at radius 1 is 0.960 bits per heavy atom. The number of ether oxygens (including phenoxy) is 1. The van der Waals surface area contributed by atoms with Gasteiger partial charge in [-0.15, -0.1) is 0 Å². The molecule has 0 spiro atoms. The lowest BCUT2D eigenvalue weighted by molar-refractivity contribution is -0.139. The molecular weight excluding hydrogens is 310 g/mol. The molecule has 136 valence electrons. The topological polar surface area (TPSA) is 38.3 Å². The quantitative estimate of drug-likeness (QED) is 0.713. The number of carbonyl (C=O) groups is 1. The molecule has 2 rings (SSSR count). The normalized spacial score (nSPS) is 10.0. The summed E-state index contributed by atoms with van der Waals surface area (Å²) in [5.74, 6) is -0.267. The SMILES string of the molecule is CC.CC.CN/C=C/c1ccc(/C=C/COC(C)=O)c2ccccc12. The summed E-state index contributed by atoms with van der Waals surface area (Å²) in [5, 5.41) is 5.37. The first-order valence-electron chi connectivity index (χ1n) is 8.88. The Labute approximate surface area is 152 Å². The number of nitrogens with one attached hydrogen (secondary N) is 1. The third-order valence-electron chi connectivity index (χ3n) is 3.10. The molecule has 0 heterocycles. The smallest absolute Gasteiger partial charge is 0.302 e. The predicted octanol–water partition coefficient (Wildman–Crippen LogP) is 5.66. The minimum absolute atomic E-state index is 0.267. The molecule has 0 atom stereocenters. The van der Waals surface area contributed by atoms with Crippen molar-refractivity contribution in [1.82, 2.24) is 5.32 Å². The highest BCUT2D eigenvalue weighted by molar-refractivity contribution is 5.96. The van der Waals surface area contributed by atoms with E-state index in [9.17, 15) is 4.79 Å². The van der Waals surface area contributed by atoms with Crippen LogP contribution < -0.4 is 5.32 Å². The van der Waals surface area contributed by atoms with Gasteiger partial charge in [0, 0.05) is 14.0 Å². The number of esters is 1. The molecule has 2 aromatic carbocycles. The zero-order chi connectivity index (χ0) is 19.1. The van der Waals surface area contributed by atoms with Crippen LogP contribution in [0.25, 0.3) is 22.9 Å². The second-order valence-electron chi connectivity index (χ2n) is 4.62. The third kappa shape index (κ3) is 7.71. The number of rotatable bonds is 5. The molecule has 0 fully saturated rings. The lowest BCUT2D eigenvalue weighted by Gasteiger charge is -2.06. The average Bonchev–Trinajstić information content (AvgIpc) is 2.67. The monoisotopic (exact) mass is 341 g/mol. The van der Waals surface area contributed by atoms with Gasteiger partial charge in [-0.05, 0) is 40.3 Å². The van der Waals surface area contributed by atoms with Gasteiger partial charge in [-0.2, -0.15) is 0 Å². The van der Waals surface area contributed by atoms with Gasteiger partial charge in [0.2, 0.25) is 0 Å². The van der Waals surface area contributed by atoms with Crippen LogP contribution in [-0.4, -0.2) is 19.6 Å². The largest absolute Gasteiger partial charge is 0.462 e. The summed E-state index contributed by atoms with van der Waals surface area (Å²) < 4.78 is 4.91. The molecule has 0 amide bonds. The van der Waals surface area contributed by atoms with Gasteiger partial charge in [0.05, 0.1) is 0 Å². The number of fused-ring (bicyclic) bond motifs is 1. The fourth-order valence-electron chi connectivity index (χ4n) is 2.15. The fraction of sp³-hybridized carbons (Fsp3) is 0.318. The van der Waals surface area contributed by atoms with E-state index in [0.717, 1.165) is 11.1 Å². The Bertz CT molecular complexity index is 687. The van der Waals surface area contributed by atoms with Crippen LogP contribution in [0.4, 0.5) is 0 Å². The van der Waals surface area contributed by atoms with Gasteiger partial charge in [0.1, 0.15) is 6.61 Å². The number of hydrogen-bond donors (Lipinski definition) is 1. The Kier molecular flexibility index (Phi) is 12.4. The zero-order valence-electron chi connectivity index (χ0n) is 16.3. The second-order valence-corrected chi connectivity index (χ2v) is 4.62. The van der Waals surface area contributed by atoms with Gasteiger partial charge in [0.25, 0.3) is 0 Å². The van der Waals surface area contributed by atoms with Crippen LogP contribution in [0.1, 0.15) is 45.7 Å². The Morgan fingerprint density at radius 2 is 1.48 bits per heavy atom. The Morgan fingerprint density at radius 3 is 1.96 bits per heavy atom. The van der Waals surface area contributed by atoms with Crippen LogP contribution in [0.3, 0.4) is 0 Å². The van der Waals surface area contributed by atoms with E-state index < -0.39 is 0 Å². The minimum atomic E-state index is -0.267. The average molecular weight is 341 g/mol. The molecule has 0 radical (unpaired) electrons. The summed E-state index contributed by atoms with van der Waals surface area (Å²) >= 11 is 0. The van der Waals surface area contributed by atoms with E-state index in [1.54, 1.807) is 0 Å². The third-order valence-corrected chi connectivity index (χ3v) is 3.10. The zero-order valence-corrected chi connectivity index (χ0v) is 16.3. The molecule has 3 nitrogen and oxygen atoms in total. The van der Waals surface area contributed by atoms with E-state index in [1.807, 2.05) is 65.2 Å². The second kappa shape index (κ2) is 13.8. The van der Waals surface area contributed by atoms with Gasteiger partial charge in [0.15, 0.2) is 0 Å². The van der Waals surface area contributed by atoms with Crippen LogP contribution in [-0.2, 0) is 9.53 Å². The molecule has 0 unspecified atom stereocenters. The molecule has 0 aliphatic rings. The van der Waals surface area contributed by atoms with E-state index in [-0.39, 0.29) is 5.97 Å². The van der Waals surface area contributed by atoms with Crippen molar-refractivity contribution < 1.29 is 9.53 Å². The van der Waals surface area contributed by atoms with Gasteiger partial charge >= 0.3 is 5.97 Å². The van der Waals surface area contributed by atoms with Crippen LogP contribution in [0.15, 0.2) is 48.7 Å². The fourth-order valence-corrected chi connectivity index (χ4v) is 2.15. The molecule has 1 N–H and O–H groups in total. The maximum atomic E-state index is 10.7. The van der Waals surface area contributed by atoms with E-state index in [0.29, 0.717) is 6.61 Å². The summed E-state index contributed by atoms with van der Waals surface area (Å²) in [6.45, 7) is 9.71. The van der Waals surface area contributed by atoms with Crippen molar-refractivity contribution in [3.63, 3.8) is 0 Å². The first kappa shape index (κ1) is 22.4. The summed E-state index contributed by atoms with van der Waals surface area (Å²) in [4.78, 5) is 10.7. The summed E-state index contributed by atoms with van der Waals surface area (Å²) in [6.07, 6.45) is 7.80. The number of carbonyl (C=O) groups excluding carboxylic acids is 1. The minimum Gasteiger partial charge on any atom is -0.462 e. The molecule has 0 aliphatic carbocycles. The molecule has 25 heavy (non-hydrogen) atoms. The van der Waals surface area contributed by atoms with Crippen molar-refractivity contribution in [1.29, 1.82) is 0 Å². The summed E-state index contributed by atoms with van der Waals surface area (Å²) in [7, 11) is 1.88. The van der Waals surface area contributed by atoms with Gasteiger partial charge in [-0.1, -0.05) is 70.2 Å². The molecule has 2 aromatic rings. The highest BCUT2D eigenvalue weighted by atomic mass is 16.5. The molecular formula is C22H31NO2. The van der Waals surface area contributed by atoms with Gasteiger partial charge in [-0.3, -0.25) is 4.79 Å². The lowest BCUT2D eigenvalue weighted by Crippen LogP contribution is -1.97. The molecule has 3 heteroatoms. The molecule has 0 aromatic heterocycles. The highest BCUT2D eigenvalue weighted by Crippen LogP contribution is 2.24. The maximum absolute atomic E-state index is 10.7. The van der Waals surface area contributed by atoms with Gasteiger partial charge < -0.3 is 10.1 Å². The molecule has 0 bridgehead atoms. The van der Waals surface area contributed by atoms with Crippen molar-refractivity contribution in [3.05, 3.63) is 59.8 Å². The highest BCUT2D eigenvalue weighted by Gasteiger charge is 2.01. The summed E-state index contributed by atoms with van der Waals surface area (Å²) in [5.41, 5.74) is 2.27. The molecule has 0 saturated carbocycles. The molecule has 0 aliphatic heterocycles. The Balaban J connectivity index is 0.00000134. The maximum Gasteiger partial charge on any atom is 0.302 e. The van der Waals surface area contributed by atoms with Crippen LogP contribution in [0, 0.1) is 0 Å². The predicted molar refractivity (Wildman–Crippen MR) is 110 cm³/mol. The first-order chi connectivity index (χ1) is 12.2. The van der Waals surface area contributed by atoms with E-state index in [2.05, 4.69) is 35.7 Å². The van der Waals surface area contributed by atoms with Crippen LogP contribution >= 0.6 is 0 Å². The number of benzene rings is 2. The van der Waals surface area contributed by atoms with E-state index in [4.69, 9.17) is 4.74 Å². The summed E-state index contributed by atoms with van der Waals surface area (Å²) in [6, 6.07) is 12.4. The number of hydrogen-bond acceptors (Lipinski definition) is 3. The van der Waals surface area contributed by atoms with E-state index >= 15 is 0 Å². The standard InChI is InChI=1S/C18H19NO2.2C2H6/c1-14(20)21-13-5-6-15-9-10-16(11-12-19-2)18-8-4-3-7-17(15)18;2*1-2/h3-12,19H,13H2,1-2H3;2*1-2H3/b6-5+,12-11+;;. The van der Waals surface area contributed by atoms with Crippen molar-refractivity contribution in [2.45, 2.75) is 34.6 Å². The van der Waals surface area contributed by atoms with Crippen molar-refractivity contribution >= 4 is 28.9 Å². The van der Waals surface area contributed by atoms with Crippen molar-refractivity contribution in [2.75, 3.05) is 13.7 Å². The van der Waals surface area contributed by atoms with Crippen molar-refractivity contribution in [2.24, 2.45) is 0 Å². The van der Waals surface area contributed by atoms with E-state index in [1.165, 1.54) is 17.7 Å². The lowest BCUT2D eigenvalue weighted by atomic mass is 9.99. The first-order valence-corrected chi connectivity index (χ1v) is 8.88. The van der Waals surface area contributed by atoms with Crippen LogP contribution in [0.2, 0.25) is 0 Å². The van der Waals surface area contributed by atoms with Crippen molar-refractivity contribution in [3.8, 4) is 0 Å². The van der Waals surface area contributed by atoms with Gasteiger partial charge in [-0.25, -0.2) is 0 Å². The molecule has 0 saturated heterocycles.